The molecule has 104 valence electrons. The predicted molar refractivity (Wildman–Crippen MR) is 76.0 cm³/mol. The highest BCUT2D eigenvalue weighted by Gasteiger charge is 2.33. The lowest BCUT2D eigenvalue weighted by Gasteiger charge is -2.31. The van der Waals surface area contributed by atoms with E-state index in [1.165, 1.54) is 24.1 Å². The Balaban J connectivity index is 1.74. The summed E-state index contributed by atoms with van der Waals surface area (Å²) in [5.41, 5.74) is 0.838. The number of aromatic nitrogens is 1. The molecule has 1 N–H and O–H groups in total. The summed E-state index contributed by atoms with van der Waals surface area (Å²) in [6, 6.07) is 0. The summed E-state index contributed by atoms with van der Waals surface area (Å²) in [5, 5.41) is 10.2. The van der Waals surface area contributed by atoms with Crippen LogP contribution in [0.2, 0.25) is 0 Å². The Morgan fingerprint density at radius 2 is 2.16 bits per heavy atom. The first-order valence-corrected chi connectivity index (χ1v) is 7.98. The summed E-state index contributed by atoms with van der Waals surface area (Å²) in [5.74, 6) is -0.233. The van der Waals surface area contributed by atoms with Gasteiger partial charge in [-0.05, 0) is 31.6 Å². The molecule has 19 heavy (non-hydrogen) atoms. The Kier molecular flexibility index (Phi) is 3.48. The topological polar surface area (TPSA) is 53.4 Å². The van der Waals surface area contributed by atoms with Crippen molar-refractivity contribution >= 4 is 22.4 Å². The first-order valence-electron chi connectivity index (χ1n) is 7.16. The van der Waals surface area contributed by atoms with Gasteiger partial charge in [0, 0.05) is 18.0 Å². The van der Waals surface area contributed by atoms with E-state index >= 15 is 0 Å². The van der Waals surface area contributed by atoms with Crippen LogP contribution in [-0.4, -0.2) is 29.1 Å². The van der Waals surface area contributed by atoms with Crippen molar-refractivity contribution < 1.29 is 9.90 Å². The van der Waals surface area contributed by atoms with Crippen LogP contribution in [0.15, 0.2) is 0 Å². The lowest BCUT2D eigenvalue weighted by molar-refractivity contribution is -0.138. The molecule has 0 spiro atoms. The molecule has 0 aromatic carbocycles. The van der Waals surface area contributed by atoms with E-state index in [9.17, 15) is 9.90 Å². The third kappa shape index (κ3) is 2.36. The van der Waals surface area contributed by atoms with Crippen molar-refractivity contribution in [3.05, 3.63) is 10.6 Å². The van der Waals surface area contributed by atoms with Gasteiger partial charge in [0.15, 0.2) is 5.13 Å². The molecule has 1 unspecified atom stereocenters. The second-order valence-electron chi connectivity index (χ2n) is 5.57. The van der Waals surface area contributed by atoms with Gasteiger partial charge in [-0.1, -0.05) is 13.3 Å². The molecule has 1 aliphatic heterocycles. The second-order valence-corrected chi connectivity index (χ2v) is 6.64. The molecule has 2 heterocycles. The number of nitrogens with zero attached hydrogens (tertiary/aromatic N) is 2. The molecule has 4 nitrogen and oxygen atoms in total. The summed E-state index contributed by atoms with van der Waals surface area (Å²) >= 11 is 1.71. The maximum Gasteiger partial charge on any atom is 0.312 e. The number of hydrogen-bond donors (Lipinski definition) is 1. The van der Waals surface area contributed by atoms with Gasteiger partial charge < -0.3 is 10.0 Å². The number of thiazole rings is 1. The zero-order valence-electron chi connectivity index (χ0n) is 11.3. The van der Waals surface area contributed by atoms with Crippen molar-refractivity contribution in [1.82, 2.24) is 4.98 Å². The molecule has 5 heteroatoms. The number of anilines is 1. The molecule has 1 aromatic rings. The summed E-state index contributed by atoms with van der Waals surface area (Å²) in [4.78, 5) is 19.4. The van der Waals surface area contributed by atoms with Crippen molar-refractivity contribution in [3.63, 3.8) is 0 Å². The highest BCUT2D eigenvalue weighted by atomic mass is 32.1. The molecule has 1 atom stereocenters. The van der Waals surface area contributed by atoms with Crippen LogP contribution in [0.5, 0.6) is 0 Å². The third-order valence-electron chi connectivity index (χ3n) is 4.47. The number of carboxylic acids is 1. The quantitative estimate of drug-likeness (QED) is 0.925. The summed E-state index contributed by atoms with van der Waals surface area (Å²) in [7, 11) is 0. The van der Waals surface area contributed by atoms with Gasteiger partial charge >= 0.3 is 5.97 Å². The van der Waals surface area contributed by atoms with E-state index in [0.717, 1.165) is 42.7 Å². The standard InChI is InChI=1S/C14H20N2O2S/c1-2-9-5-7-16(8-6-9)14-15-12-10(13(17)18)3-4-11(12)19-14/h9-10H,2-8H2,1H3,(H,17,18). The SMILES string of the molecule is CCC1CCN(c2nc3c(s2)CCC3C(=O)O)CC1. The molecule has 1 saturated heterocycles. The number of hydrogen-bond acceptors (Lipinski definition) is 4. The molecular formula is C14H20N2O2S. The molecule has 0 radical (unpaired) electrons. The molecule has 0 saturated carbocycles. The Bertz CT molecular complexity index is 478. The van der Waals surface area contributed by atoms with E-state index in [1.807, 2.05) is 0 Å². The van der Waals surface area contributed by atoms with Gasteiger partial charge in [-0.2, -0.15) is 0 Å². The summed E-state index contributed by atoms with van der Waals surface area (Å²) < 4.78 is 0. The first kappa shape index (κ1) is 12.9. The number of aryl methyl sites for hydroxylation is 1. The largest absolute Gasteiger partial charge is 0.481 e. The zero-order valence-corrected chi connectivity index (χ0v) is 12.1. The zero-order chi connectivity index (χ0) is 13.4. The van der Waals surface area contributed by atoms with Gasteiger partial charge in [0.25, 0.3) is 0 Å². The van der Waals surface area contributed by atoms with Crippen LogP contribution in [0, 0.1) is 5.92 Å². The molecule has 3 rings (SSSR count). The van der Waals surface area contributed by atoms with E-state index in [0.29, 0.717) is 0 Å². The number of rotatable bonds is 3. The number of aliphatic carboxylic acids is 1. The molecule has 1 aliphatic carbocycles. The highest BCUT2D eigenvalue weighted by molar-refractivity contribution is 7.15. The summed E-state index contributed by atoms with van der Waals surface area (Å²) in [6.45, 7) is 4.40. The number of piperidine rings is 1. The van der Waals surface area contributed by atoms with Gasteiger partial charge in [0.05, 0.1) is 5.69 Å². The van der Waals surface area contributed by atoms with Crippen LogP contribution in [-0.2, 0) is 11.2 Å². The Morgan fingerprint density at radius 3 is 2.79 bits per heavy atom. The maximum atomic E-state index is 11.2. The van der Waals surface area contributed by atoms with Crippen molar-refractivity contribution in [2.24, 2.45) is 5.92 Å². The number of carbonyl (C=O) groups is 1. The maximum absolute atomic E-state index is 11.2. The van der Waals surface area contributed by atoms with Crippen molar-refractivity contribution in [2.75, 3.05) is 18.0 Å². The Labute approximate surface area is 117 Å². The van der Waals surface area contributed by atoms with Crippen molar-refractivity contribution in [2.45, 2.75) is 44.9 Å². The van der Waals surface area contributed by atoms with Gasteiger partial charge in [0.2, 0.25) is 0 Å². The van der Waals surface area contributed by atoms with Gasteiger partial charge in [-0.25, -0.2) is 4.98 Å². The lowest BCUT2D eigenvalue weighted by atomic mass is 9.95. The average molecular weight is 280 g/mol. The minimum Gasteiger partial charge on any atom is -0.481 e. The van der Waals surface area contributed by atoms with Crippen LogP contribution in [0.3, 0.4) is 0 Å². The molecule has 0 bridgehead atoms. The van der Waals surface area contributed by atoms with Crippen LogP contribution in [0.1, 0.15) is 49.1 Å². The van der Waals surface area contributed by atoms with Crippen LogP contribution in [0.4, 0.5) is 5.13 Å². The van der Waals surface area contributed by atoms with Gasteiger partial charge in [-0.15, -0.1) is 11.3 Å². The Morgan fingerprint density at radius 1 is 1.42 bits per heavy atom. The van der Waals surface area contributed by atoms with E-state index in [-0.39, 0.29) is 5.92 Å². The fraction of sp³-hybridized carbons (Fsp3) is 0.714. The van der Waals surface area contributed by atoms with Gasteiger partial charge in [-0.3, -0.25) is 4.79 Å². The monoisotopic (exact) mass is 280 g/mol. The van der Waals surface area contributed by atoms with E-state index < -0.39 is 5.97 Å². The molecule has 1 fully saturated rings. The van der Waals surface area contributed by atoms with Crippen molar-refractivity contribution in [3.8, 4) is 0 Å². The smallest absolute Gasteiger partial charge is 0.312 e. The van der Waals surface area contributed by atoms with Crippen LogP contribution >= 0.6 is 11.3 Å². The molecule has 2 aliphatic rings. The molecular weight excluding hydrogens is 260 g/mol. The lowest BCUT2D eigenvalue weighted by Crippen LogP contribution is -2.33. The minimum atomic E-state index is -0.722. The highest BCUT2D eigenvalue weighted by Crippen LogP contribution is 2.40. The fourth-order valence-corrected chi connectivity index (χ4v) is 4.31. The normalized spacial score (nSPS) is 23.6. The fourth-order valence-electron chi connectivity index (χ4n) is 3.12. The van der Waals surface area contributed by atoms with E-state index in [4.69, 9.17) is 0 Å². The van der Waals surface area contributed by atoms with Crippen LogP contribution < -0.4 is 4.90 Å². The molecule has 0 amide bonds. The third-order valence-corrected chi connectivity index (χ3v) is 5.66. The van der Waals surface area contributed by atoms with E-state index in [1.54, 1.807) is 11.3 Å². The summed E-state index contributed by atoms with van der Waals surface area (Å²) in [6.07, 6.45) is 5.35. The van der Waals surface area contributed by atoms with E-state index in [2.05, 4.69) is 16.8 Å². The van der Waals surface area contributed by atoms with Crippen LogP contribution in [0.25, 0.3) is 0 Å². The van der Waals surface area contributed by atoms with Gasteiger partial charge in [0.1, 0.15) is 5.92 Å². The predicted octanol–water partition coefficient (Wildman–Crippen LogP) is 2.88. The minimum absolute atomic E-state index is 0.367. The average Bonchev–Trinajstić information content (AvgIpc) is 2.98. The Hall–Kier alpha value is -1.10. The number of fused-ring (bicyclic) bond motifs is 1. The first-order chi connectivity index (χ1) is 9.19. The number of carboxylic acid groups (broad SMARTS) is 1. The second kappa shape index (κ2) is 5.12. The van der Waals surface area contributed by atoms with Crippen molar-refractivity contribution in [1.29, 1.82) is 0 Å². The molecule has 1 aromatic heterocycles.